The lowest BCUT2D eigenvalue weighted by atomic mass is 9.88. The highest BCUT2D eigenvalue weighted by Crippen LogP contribution is 2.43. The average molecular weight is 1570 g/mol. The molecule has 0 amide bonds. The van der Waals surface area contributed by atoms with Gasteiger partial charge in [0.05, 0.1) is 24.3 Å². The Morgan fingerprint density at radius 1 is 0.263 bits per heavy atom. The summed E-state index contributed by atoms with van der Waals surface area (Å²) in [5, 5.41) is 20.2. The van der Waals surface area contributed by atoms with Crippen molar-refractivity contribution in [2.45, 2.75) is 197 Å². The van der Waals surface area contributed by atoms with Gasteiger partial charge in [0.2, 0.25) is 0 Å². The predicted octanol–water partition coefficient (Wildman–Crippen LogP) is 28.6. The van der Waals surface area contributed by atoms with Gasteiger partial charge in [0.25, 0.3) is 0 Å². The standard InChI is InChI=1S/C112H108O4Si2/c1-15-17-19-21-23-25-27-29-59-115-111(113)94-65-81(63-83(67-94)51-55-87-71-92-73-89(57-61-117(9,10)11)100-47-35-41-79(7)106(100)109(92)104-77(5)39-33-45-98(87)104)49-53-85-69-91-70-86(97-44-32-38-76(4)103(97)108(91)102-75(3)37-31-43-96(85)102)54-50-82-64-84(68-95(66-82)112(114)116-60-30-28-26-24-22-20-18-16-2)52-56-88-72-93-74-90(58-62-118(12,13)14)101-48-36-42-80(8)107(101)110(93)105-78(6)40-34-46-99(88)105/h31-48,63-74H,15-30,59-60H2,1-14H3. The summed E-state index contributed by atoms with van der Waals surface area (Å²) in [5.41, 5.74) is 23.2. The smallest absolute Gasteiger partial charge is 0.338 e. The molecule has 0 aromatic heterocycles. The first-order valence-corrected chi connectivity index (χ1v) is 50.0. The van der Waals surface area contributed by atoms with Crippen molar-refractivity contribution < 1.29 is 19.1 Å². The summed E-state index contributed by atoms with van der Waals surface area (Å²) < 4.78 is 12.2. The highest BCUT2D eigenvalue weighted by atomic mass is 28.3. The number of benzene rings is 14. The molecule has 14 rings (SSSR count). The Labute approximate surface area is 702 Å². The molecule has 0 unspecified atom stereocenters. The van der Waals surface area contributed by atoms with Crippen LogP contribution in [0.15, 0.2) is 182 Å². The minimum Gasteiger partial charge on any atom is -0.462 e. The molecule has 6 heteroatoms. The van der Waals surface area contributed by atoms with Gasteiger partial charge in [0.1, 0.15) is 16.1 Å². The number of carbonyl (C=O) groups excluding carboxylic acids is 2. The van der Waals surface area contributed by atoms with Crippen LogP contribution in [0.2, 0.25) is 39.3 Å². The van der Waals surface area contributed by atoms with Crippen LogP contribution in [0.4, 0.5) is 0 Å². The van der Waals surface area contributed by atoms with Crippen LogP contribution in [0, 0.1) is 112 Å². The number of aryl methyl sites for hydroxylation is 6. The monoisotopic (exact) mass is 1570 g/mol. The maximum absolute atomic E-state index is 14.5. The summed E-state index contributed by atoms with van der Waals surface area (Å²) >= 11 is 0. The van der Waals surface area contributed by atoms with Gasteiger partial charge in [-0.15, -0.1) is 11.1 Å². The molecule has 118 heavy (non-hydrogen) atoms. The van der Waals surface area contributed by atoms with Crippen LogP contribution >= 0.6 is 0 Å². The maximum atomic E-state index is 14.5. The van der Waals surface area contributed by atoms with Gasteiger partial charge >= 0.3 is 11.9 Å². The molecule has 0 saturated heterocycles. The second kappa shape index (κ2) is 36.8. The zero-order valence-electron chi connectivity index (χ0n) is 71.7. The molecule has 0 radical (unpaired) electrons. The Bertz CT molecular complexity index is 6370. The molecular weight excluding hydrogens is 1470 g/mol. The van der Waals surface area contributed by atoms with Crippen molar-refractivity contribution in [1.29, 1.82) is 0 Å². The van der Waals surface area contributed by atoms with E-state index in [2.05, 4.69) is 311 Å². The number of fused-ring (bicyclic) bond motifs is 15. The van der Waals surface area contributed by atoms with Crippen molar-refractivity contribution in [2.75, 3.05) is 13.2 Å². The number of hydrogen-bond acceptors (Lipinski definition) is 4. The number of ether oxygens (including phenoxy) is 2. The number of hydrogen-bond donors (Lipinski definition) is 0. The van der Waals surface area contributed by atoms with Crippen LogP contribution in [0.5, 0.6) is 0 Å². The number of rotatable bonds is 20. The first-order valence-electron chi connectivity index (χ1n) is 43.0. The minimum atomic E-state index is -1.72. The lowest BCUT2D eigenvalue weighted by Gasteiger charge is -2.15. The Morgan fingerprint density at radius 3 is 0.712 bits per heavy atom. The van der Waals surface area contributed by atoms with Crippen LogP contribution in [0.3, 0.4) is 0 Å². The molecule has 588 valence electrons. The molecule has 0 bridgehead atoms. The average Bonchev–Trinajstić information content (AvgIpc) is 0.739. The first kappa shape index (κ1) is 82.7. The number of unbranched alkanes of at least 4 members (excludes halogenated alkanes) is 14. The van der Waals surface area contributed by atoms with Crippen molar-refractivity contribution in [1.82, 2.24) is 0 Å². The zero-order chi connectivity index (χ0) is 82.8. The lowest BCUT2D eigenvalue weighted by Crippen LogP contribution is -2.16. The fourth-order valence-electron chi connectivity index (χ4n) is 17.0. The van der Waals surface area contributed by atoms with Gasteiger partial charge in [0, 0.05) is 55.6 Å². The molecule has 14 aromatic carbocycles. The molecule has 0 spiro atoms. The quantitative estimate of drug-likeness (QED) is 0.0251. The van der Waals surface area contributed by atoms with Gasteiger partial charge in [-0.25, -0.2) is 9.59 Å². The first-order chi connectivity index (χ1) is 57.0. The molecule has 0 aliphatic rings. The van der Waals surface area contributed by atoms with Gasteiger partial charge in [-0.2, -0.15) is 0 Å². The largest absolute Gasteiger partial charge is 0.462 e. The molecule has 0 heterocycles. The number of carbonyl (C=O) groups is 2. The Balaban J connectivity index is 0.877. The number of esters is 2. The van der Waals surface area contributed by atoms with Crippen LogP contribution in [0.1, 0.15) is 226 Å². The van der Waals surface area contributed by atoms with Crippen molar-refractivity contribution in [2.24, 2.45) is 0 Å². The molecule has 4 nitrogen and oxygen atoms in total. The van der Waals surface area contributed by atoms with E-state index in [1.54, 1.807) is 0 Å². The van der Waals surface area contributed by atoms with E-state index in [0.29, 0.717) is 46.6 Å². The van der Waals surface area contributed by atoms with Crippen LogP contribution < -0.4 is 0 Å². The molecule has 0 atom stereocenters. The summed E-state index contributed by atoms with van der Waals surface area (Å²) in [7, 11) is -3.44. The van der Waals surface area contributed by atoms with E-state index in [-0.39, 0.29) is 0 Å². The maximum Gasteiger partial charge on any atom is 0.338 e. The van der Waals surface area contributed by atoms with Crippen molar-refractivity contribution >= 4 is 125 Å². The van der Waals surface area contributed by atoms with E-state index in [9.17, 15) is 9.59 Å². The third-order valence-corrected chi connectivity index (χ3v) is 24.6. The molecular formula is C112H108O4Si2. The summed E-state index contributed by atoms with van der Waals surface area (Å²) in [5.74, 6) is 35.5. The third kappa shape index (κ3) is 18.9. The highest BCUT2D eigenvalue weighted by Gasteiger charge is 2.22. The Kier molecular flexibility index (Phi) is 25.8. The summed E-state index contributed by atoms with van der Waals surface area (Å²) in [6, 6.07) is 63.8. The second-order valence-corrected chi connectivity index (χ2v) is 44.1. The van der Waals surface area contributed by atoms with Crippen molar-refractivity contribution in [3.8, 4) is 70.3 Å². The summed E-state index contributed by atoms with van der Waals surface area (Å²) in [6.07, 6.45) is 18.3. The van der Waals surface area contributed by atoms with E-state index in [1.165, 1.54) is 119 Å². The SMILES string of the molecule is CCCCCCCCCCOC(=O)c1cc(C#Cc2cc3cc(C#Cc4cc(C#Cc5cc6cc(C#C[Si](C)(C)C)c7cccc(C)c7c6c6c(C)cccc56)cc(C(=O)OCCCCCCCCCC)c4)c4cccc(C)c4c3c3c(C)cccc23)cc(C#Cc2cc3cc(C#C[Si](C)(C)C)c4cccc(C)c4c3c3c(C)cccc23)c1. The summed E-state index contributed by atoms with van der Waals surface area (Å²) in [6.45, 7) is 32.0. The van der Waals surface area contributed by atoms with Crippen molar-refractivity contribution in [3.63, 3.8) is 0 Å². The fourth-order valence-corrected chi connectivity index (χ4v) is 18.0. The molecule has 0 saturated carbocycles. The molecule has 0 aliphatic carbocycles. The van der Waals surface area contributed by atoms with Crippen molar-refractivity contribution in [3.05, 3.63) is 282 Å². The predicted molar refractivity (Wildman–Crippen MR) is 508 cm³/mol. The lowest BCUT2D eigenvalue weighted by molar-refractivity contribution is 0.0488. The zero-order valence-corrected chi connectivity index (χ0v) is 73.7. The topological polar surface area (TPSA) is 52.6 Å². The Morgan fingerprint density at radius 2 is 0.483 bits per heavy atom. The van der Waals surface area contributed by atoms with E-state index < -0.39 is 28.1 Å². The van der Waals surface area contributed by atoms with E-state index in [0.717, 1.165) is 148 Å². The van der Waals surface area contributed by atoms with Gasteiger partial charge < -0.3 is 9.47 Å². The molecule has 0 fully saturated rings. The third-order valence-electron chi connectivity index (χ3n) is 22.9. The second-order valence-electron chi connectivity index (χ2n) is 34.6. The normalized spacial score (nSPS) is 11.4. The van der Waals surface area contributed by atoms with Gasteiger partial charge in [-0.3, -0.25) is 0 Å². The molecule has 0 aliphatic heterocycles. The van der Waals surface area contributed by atoms with E-state index >= 15 is 0 Å². The van der Waals surface area contributed by atoms with Crippen LogP contribution in [-0.4, -0.2) is 41.3 Å². The van der Waals surface area contributed by atoms with Gasteiger partial charge in [-0.05, 0) is 258 Å². The highest BCUT2D eigenvalue weighted by molar-refractivity contribution is 6.84. The molecule has 0 N–H and O–H groups in total. The van der Waals surface area contributed by atoms with E-state index in [1.807, 2.05) is 36.4 Å². The molecule has 14 aromatic rings. The summed E-state index contributed by atoms with van der Waals surface area (Å²) in [4.78, 5) is 28.9. The Hall–Kier alpha value is -11.8. The van der Waals surface area contributed by atoms with Gasteiger partial charge in [0.15, 0.2) is 0 Å². The van der Waals surface area contributed by atoms with Gasteiger partial charge in [-0.1, -0.05) is 311 Å². The van der Waals surface area contributed by atoms with E-state index in [4.69, 9.17) is 9.47 Å². The van der Waals surface area contributed by atoms with Crippen LogP contribution in [-0.2, 0) is 9.47 Å². The fraction of sp³-hybridized carbons (Fsp3) is 0.286. The minimum absolute atomic E-state index is 0.337. The van der Waals surface area contributed by atoms with Crippen LogP contribution in [0.25, 0.3) is 97.0 Å².